The zero-order chi connectivity index (χ0) is 13.5. The minimum atomic E-state index is 0. The van der Waals surface area contributed by atoms with Gasteiger partial charge in [0, 0.05) is 26.2 Å². The molecule has 0 amide bonds. The summed E-state index contributed by atoms with van der Waals surface area (Å²) in [5, 5.41) is 6.98. The molecule has 2 atom stereocenters. The van der Waals surface area contributed by atoms with Crippen LogP contribution in [0.25, 0.3) is 0 Å². The van der Waals surface area contributed by atoms with Gasteiger partial charge >= 0.3 is 0 Å². The van der Waals surface area contributed by atoms with Gasteiger partial charge < -0.3 is 15.5 Å². The predicted molar refractivity (Wildman–Crippen MR) is 97.0 cm³/mol. The van der Waals surface area contributed by atoms with Crippen LogP contribution in [-0.2, 0) is 0 Å². The van der Waals surface area contributed by atoms with Gasteiger partial charge in [-0.1, -0.05) is 19.8 Å². The minimum Gasteiger partial charge on any atom is -0.355 e. The highest BCUT2D eigenvalue weighted by atomic mass is 127. The predicted octanol–water partition coefficient (Wildman–Crippen LogP) is 2.44. The maximum atomic E-state index is 4.32. The van der Waals surface area contributed by atoms with Crippen LogP contribution in [0.4, 0.5) is 0 Å². The smallest absolute Gasteiger partial charge is 0.191 e. The number of hydrogen-bond acceptors (Lipinski definition) is 2. The highest BCUT2D eigenvalue weighted by Gasteiger charge is 2.36. The number of hydrogen-bond donors (Lipinski definition) is 2. The van der Waals surface area contributed by atoms with E-state index < -0.39 is 0 Å². The number of piperidine rings is 1. The van der Waals surface area contributed by atoms with Crippen LogP contribution in [0.15, 0.2) is 4.99 Å². The van der Waals surface area contributed by atoms with Gasteiger partial charge in [-0.25, -0.2) is 0 Å². The van der Waals surface area contributed by atoms with Crippen LogP contribution >= 0.6 is 24.0 Å². The highest BCUT2D eigenvalue weighted by molar-refractivity contribution is 14.0. The van der Waals surface area contributed by atoms with Crippen molar-refractivity contribution in [3.05, 3.63) is 0 Å². The number of nitrogens with zero attached hydrogens (tertiary/aromatic N) is 2. The monoisotopic (exact) mass is 394 g/mol. The molecule has 0 bridgehead atoms. The first-order valence-corrected chi connectivity index (χ1v) is 8.03. The van der Waals surface area contributed by atoms with Crippen molar-refractivity contribution in [1.82, 2.24) is 15.5 Å². The Morgan fingerprint density at radius 2 is 2.00 bits per heavy atom. The Balaban J connectivity index is 0.00000200. The lowest BCUT2D eigenvalue weighted by atomic mass is 10.1. The lowest BCUT2D eigenvalue weighted by Crippen LogP contribution is -2.43. The Bertz CT molecular complexity index is 290. The van der Waals surface area contributed by atoms with Gasteiger partial charge in [0.15, 0.2) is 5.96 Å². The Kier molecular flexibility index (Phi) is 8.84. The summed E-state index contributed by atoms with van der Waals surface area (Å²) in [5.74, 6) is 1.87. The molecule has 1 aliphatic carbocycles. The van der Waals surface area contributed by atoms with Gasteiger partial charge in [-0.15, -0.1) is 24.0 Å². The van der Waals surface area contributed by atoms with Crippen LogP contribution in [0, 0.1) is 5.92 Å². The lowest BCUT2D eigenvalue weighted by molar-refractivity contribution is 0.232. The summed E-state index contributed by atoms with van der Waals surface area (Å²) in [7, 11) is 1.87. The van der Waals surface area contributed by atoms with E-state index in [0.29, 0.717) is 6.04 Å². The quantitative estimate of drug-likeness (QED) is 0.413. The van der Waals surface area contributed by atoms with Crippen LogP contribution in [0.2, 0.25) is 0 Å². The van der Waals surface area contributed by atoms with E-state index in [9.17, 15) is 0 Å². The molecule has 1 aliphatic heterocycles. The van der Waals surface area contributed by atoms with E-state index in [4.69, 9.17) is 0 Å². The summed E-state index contributed by atoms with van der Waals surface area (Å²) in [6.07, 6.45) is 8.11. The zero-order valence-electron chi connectivity index (χ0n) is 13.0. The van der Waals surface area contributed by atoms with Crippen molar-refractivity contribution in [1.29, 1.82) is 0 Å². The maximum absolute atomic E-state index is 4.32. The largest absolute Gasteiger partial charge is 0.355 e. The average molecular weight is 394 g/mol. The third-order valence-corrected chi connectivity index (χ3v) is 4.30. The molecule has 2 unspecified atom stereocenters. The summed E-state index contributed by atoms with van der Waals surface area (Å²) in [6, 6.07) is 0.668. The molecule has 0 spiro atoms. The number of aliphatic imine (C=N–C) groups is 1. The molecule has 2 rings (SSSR count). The van der Waals surface area contributed by atoms with E-state index in [-0.39, 0.29) is 24.0 Å². The molecule has 0 aromatic carbocycles. The second-order valence-corrected chi connectivity index (χ2v) is 5.94. The molecule has 1 heterocycles. The Morgan fingerprint density at radius 1 is 1.25 bits per heavy atom. The molecule has 0 aromatic heterocycles. The van der Waals surface area contributed by atoms with Gasteiger partial charge in [0.2, 0.25) is 0 Å². The maximum Gasteiger partial charge on any atom is 0.191 e. The van der Waals surface area contributed by atoms with Crippen LogP contribution in [-0.4, -0.2) is 50.1 Å². The topological polar surface area (TPSA) is 39.7 Å². The first kappa shape index (κ1) is 18.0. The van der Waals surface area contributed by atoms with Gasteiger partial charge in [0.05, 0.1) is 0 Å². The van der Waals surface area contributed by atoms with Crippen molar-refractivity contribution in [2.24, 2.45) is 10.9 Å². The SMILES string of the molecule is CCCC1CC1NC(=NC)NCCN1CCCCC1.I. The average Bonchev–Trinajstić information content (AvgIpc) is 3.17. The van der Waals surface area contributed by atoms with Crippen LogP contribution < -0.4 is 10.6 Å². The van der Waals surface area contributed by atoms with Crippen molar-refractivity contribution in [3.8, 4) is 0 Å². The summed E-state index contributed by atoms with van der Waals surface area (Å²) in [4.78, 5) is 6.88. The zero-order valence-corrected chi connectivity index (χ0v) is 15.4. The third-order valence-electron chi connectivity index (χ3n) is 4.30. The van der Waals surface area contributed by atoms with Crippen molar-refractivity contribution in [2.75, 3.05) is 33.2 Å². The van der Waals surface area contributed by atoms with Gasteiger partial charge in [0.25, 0.3) is 0 Å². The second-order valence-electron chi connectivity index (χ2n) is 5.94. The highest BCUT2D eigenvalue weighted by Crippen LogP contribution is 2.34. The van der Waals surface area contributed by atoms with E-state index in [0.717, 1.165) is 25.0 Å². The van der Waals surface area contributed by atoms with E-state index in [1.165, 1.54) is 51.6 Å². The molecule has 1 saturated carbocycles. The molecular formula is C15H31IN4. The number of guanidine groups is 1. The Labute approximate surface area is 141 Å². The molecule has 0 radical (unpaired) electrons. The molecular weight excluding hydrogens is 363 g/mol. The first-order valence-electron chi connectivity index (χ1n) is 8.03. The summed E-state index contributed by atoms with van der Waals surface area (Å²) in [6.45, 7) is 6.96. The lowest BCUT2D eigenvalue weighted by Gasteiger charge is -2.26. The third kappa shape index (κ3) is 6.16. The first-order chi connectivity index (χ1) is 9.33. The van der Waals surface area contributed by atoms with Crippen molar-refractivity contribution in [3.63, 3.8) is 0 Å². The summed E-state index contributed by atoms with van der Waals surface area (Å²) < 4.78 is 0. The van der Waals surface area contributed by atoms with E-state index in [1.54, 1.807) is 0 Å². The number of rotatable bonds is 6. The molecule has 4 nitrogen and oxygen atoms in total. The normalized spacial score (nSPS) is 26.8. The fourth-order valence-corrected chi connectivity index (χ4v) is 3.00. The van der Waals surface area contributed by atoms with E-state index in [2.05, 4.69) is 27.4 Å². The number of nitrogens with one attached hydrogen (secondary N) is 2. The van der Waals surface area contributed by atoms with Gasteiger partial charge in [0.1, 0.15) is 0 Å². The van der Waals surface area contributed by atoms with Crippen molar-refractivity contribution >= 4 is 29.9 Å². The van der Waals surface area contributed by atoms with Gasteiger partial charge in [-0.05, 0) is 44.7 Å². The van der Waals surface area contributed by atoms with Gasteiger partial charge in [-0.3, -0.25) is 4.99 Å². The molecule has 2 fully saturated rings. The summed E-state index contributed by atoms with van der Waals surface area (Å²) >= 11 is 0. The van der Waals surface area contributed by atoms with Crippen LogP contribution in [0.5, 0.6) is 0 Å². The van der Waals surface area contributed by atoms with E-state index >= 15 is 0 Å². The van der Waals surface area contributed by atoms with E-state index in [1.807, 2.05) is 7.05 Å². The van der Waals surface area contributed by atoms with Crippen LogP contribution in [0.1, 0.15) is 45.4 Å². The molecule has 2 aliphatic rings. The minimum absolute atomic E-state index is 0. The Morgan fingerprint density at radius 3 is 2.65 bits per heavy atom. The molecule has 118 valence electrons. The Hall–Kier alpha value is -0.0400. The van der Waals surface area contributed by atoms with Crippen molar-refractivity contribution < 1.29 is 0 Å². The molecule has 5 heteroatoms. The van der Waals surface area contributed by atoms with Crippen molar-refractivity contribution in [2.45, 2.75) is 51.5 Å². The summed E-state index contributed by atoms with van der Waals surface area (Å²) in [5.41, 5.74) is 0. The molecule has 0 aromatic rings. The fourth-order valence-electron chi connectivity index (χ4n) is 3.00. The van der Waals surface area contributed by atoms with Crippen LogP contribution in [0.3, 0.4) is 0 Å². The molecule has 1 saturated heterocycles. The molecule has 2 N–H and O–H groups in total. The second kappa shape index (κ2) is 9.82. The number of likely N-dealkylation sites (tertiary alicyclic amines) is 1. The fraction of sp³-hybridized carbons (Fsp3) is 0.933. The standard InChI is InChI=1S/C15H30N4.HI/c1-3-7-13-12-14(13)18-15(16-2)17-8-11-19-9-5-4-6-10-19;/h13-14H,3-12H2,1-2H3,(H2,16,17,18);1H. The van der Waals surface area contributed by atoms with Gasteiger partial charge in [-0.2, -0.15) is 0 Å². The molecule has 20 heavy (non-hydrogen) atoms. The number of halogens is 1.